The predicted octanol–water partition coefficient (Wildman–Crippen LogP) is 3.91. The number of nitrogens with one attached hydrogen (secondary N) is 3. The van der Waals surface area contributed by atoms with Gasteiger partial charge >= 0.3 is 0 Å². The zero-order valence-electron chi connectivity index (χ0n) is 18.9. The second-order valence-electron chi connectivity index (χ2n) is 8.43. The molecule has 5 rings (SSSR count). The highest BCUT2D eigenvalue weighted by Gasteiger charge is 2.18. The van der Waals surface area contributed by atoms with Gasteiger partial charge in [0.05, 0.1) is 29.9 Å². The van der Waals surface area contributed by atoms with Crippen LogP contribution < -0.4 is 5.32 Å². The summed E-state index contributed by atoms with van der Waals surface area (Å²) in [7, 11) is 0. The number of ether oxygens (including phenoxy) is 1. The molecule has 0 aliphatic carbocycles. The molecule has 4 aromatic rings. The molecule has 0 bridgehead atoms. The van der Waals surface area contributed by atoms with Crippen molar-refractivity contribution in [1.82, 2.24) is 25.1 Å². The first kappa shape index (κ1) is 21.4. The van der Waals surface area contributed by atoms with Crippen molar-refractivity contribution in [2.24, 2.45) is 0 Å². The van der Waals surface area contributed by atoms with Crippen molar-refractivity contribution in [3.63, 3.8) is 0 Å². The van der Waals surface area contributed by atoms with Gasteiger partial charge in [-0.15, -0.1) is 0 Å². The van der Waals surface area contributed by atoms with Crippen LogP contribution in [0, 0.1) is 6.92 Å². The first-order chi connectivity index (χ1) is 16.1. The first-order valence-electron chi connectivity index (χ1n) is 11.3. The van der Waals surface area contributed by atoms with Crippen LogP contribution in [-0.2, 0) is 17.7 Å². The number of fused-ring (bicyclic) bond motifs is 1. The second-order valence-corrected chi connectivity index (χ2v) is 8.43. The van der Waals surface area contributed by atoms with E-state index in [-0.39, 0.29) is 5.91 Å². The van der Waals surface area contributed by atoms with Crippen LogP contribution in [0.25, 0.3) is 22.6 Å². The molecular weight excluding hydrogens is 416 g/mol. The van der Waals surface area contributed by atoms with E-state index in [1.54, 1.807) is 6.20 Å². The third kappa shape index (κ3) is 4.53. The smallest absolute Gasteiger partial charge is 0.256 e. The predicted molar refractivity (Wildman–Crippen MR) is 128 cm³/mol. The lowest BCUT2D eigenvalue weighted by molar-refractivity contribution is 0.0342. The van der Waals surface area contributed by atoms with E-state index in [9.17, 15) is 4.79 Å². The van der Waals surface area contributed by atoms with Crippen LogP contribution >= 0.6 is 0 Å². The molecule has 0 radical (unpaired) electrons. The molecule has 3 N–H and O–H groups in total. The summed E-state index contributed by atoms with van der Waals surface area (Å²) < 4.78 is 5.44. The number of aromatic amines is 2. The lowest BCUT2D eigenvalue weighted by atomic mass is 10.0. The van der Waals surface area contributed by atoms with Gasteiger partial charge in [-0.3, -0.25) is 14.8 Å². The summed E-state index contributed by atoms with van der Waals surface area (Å²) >= 11 is 0. The van der Waals surface area contributed by atoms with E-state index in [1.807, 2.05) is 25.1 Å². The number of carbonyl (C=O) groups excluding carboxylic acids is 1. The fourth-order valence-corrected chi connectivity index (χ4v) is 4.17. The van der Waals surface area contributed by atoms with E-state index in [0.717, 1.165) is 61.4 Å². The van der Waals surface area contributed by atoms with Crippen LogP contribution in [-0.4, -0.2) is 57.3 Å². The Morgan fingerprint density at radius 2 is 1.97 bits per heavy atom. The van der Waals surface area contributed by atoms with Crippen molar-refractivity contribution in [3.05, 3.63) is 64.8 Å². The zero-order valence-corrected chi connectivity index (χ0v) is 18.9. The number of benzene rings is 2. The molecule has 1 aliphatic heterocycles. The molecule has 0 atom stereocenters. The molecule has 2 aromatic heterocycles. The van der Waals surface area contributed by atoms with Crippen molar-refractivity contribution in [2.75, 3.05) is 31.6 Å². The molecule has 170 valence electrons. The lowest BCUT2D eigenvalue weighted by Crippen LogP contribution is -2.35. The number of aryl methyl sites for hydroxylation is 2. The van der Waals surface area contributed by atoms with Gasteiger partial charge in [0, 0.05) is 31.4 Å². The third-order valence-electron chi connectivity index (χ3n) is 6.13. The number of hydrogen-bond donors (Lipinski definition) is 3. The van der Waals surface area contributed by atoms with Crippen molar-refractivity contribution in [3.8, 4) is 11.5 Å². The van der Waals surface area contributed by atoms with E-state index in [1.165, 1.54) is 5.56 Å². The zero-order chi connectivity index (χ0) is 22.8. The maximum atomic E-state index is 13.0. The number of carbonyl (C=O) groups is 1. The summed E-state index contributed by atoms with van der Waals surface area (Å²) in [6.45, 7) is 8.35. The highest BCUT2D eigenvalue weighted by molar-refractivity contribution is 6.06. The van der Waals surface area contributed by atoms with E-state index >= 15 is 0 Å². The quantitative estimate of drug-likeness (QED) is 0.419. The van der Waals surface area contributed by atoms with E-state index < -0.39 is 0 Å². The maximum absolute atomic E-state index is 13.0. The molecule has 1 amide bonds. The number of H-pyrrole nitrogens is 2. The van der Waals surface area contributed by atoms with E-state index in [0.29, 0.717) is 22.8 Å². The monoisotopic (exact) mass is 444 g/mol. The van der Waals surface area contributed by atoms with Gasteiger partial charge in [0.25, 0.3) is 5.91 Å². The minimum atomic E-state index is -0.158. The molecule has 8 heteroatoms. The minimum Gasteiger partial charge on any atom is -0.379 e. The Kier molecular flexibility index (Phi) is 5.93. The summed E-state index contributed by atoms with van der Waals surface area (Å²) in [6.07, 6.45) is 2.56. The minimum absolute atomic E-state index is 0.158. The molecule has 33 heavy (non-hydrogen) atoms. The normalized spacial score (nSPS) is 14.6. The lowest BCUT2D eigenvalue weighted by Gasteiger charge is -2.26. The van der Waals surface area contributed by atoms with Crippen LogP contribution in [0.15, 0.2) is 42.6 Å². The number of aromatic nitrogens is 4. The topological polar surface area (TPSA) is 98.9 Å². The van der Waals surface area contributed by atoms with Crippen molar-refractivity contribution >= 4 is 22.6 Å². The average molecular weight is 445 g/mol. The Bertz CT molecular complexity index is 1290. The van der Waals surface area contributed by atoms with Crippen molar-refractivity contribution in [1.29, 1.82) is 0 Å². The van der Waals surface area contributed by atoms with Gasteiger partial charge in [-0.1, -0.05) is 25.1 Å². The Morgan fingerprint density at radius 3 is 2.79 bits per heavy atom. The summed E-state index contributed by atoms with van der Waals surface area (Å²) in [6, 6.07) is 12.3. The van der Waals surface area contributed by atoms with E-state index in [2.05, 4.69) is 50.5 Å². The summed E-state index contributed by atoms with van der Waals surface area (Å²) in [5, 5.41) is 10.2. The Hall–Kier alpha value is -3.49. The molecule has 1 saturated heterocycles. The summed E-state index contributed by atoms with van der Waals surface area (Å²) in [5.41, 5.74) is 6.93. The van der Waals surface area contributed by atoms with Crippen LogP contribution in [0.5, 0.6) is 0 Å². The number of anilines is 1. The Morgan fingerprint density at radius 1 is 1.15 bits per heavy atom. The van der Waals surface area contributed by atoms with Gasteiger partial charge in [-0.25, -0.2) is 4.98 Å². The van der Waals surface area contributed by atoms with E-state index in [4.69, 9.17) is 9.72 Å². The number of rotatable bonds is 6. The summed E-state index contributed by atoms with van der Waals surface area (Å²) in [4.78, 5) is 23.5. The highest BCUT2D eigenvalue weighted by atomic mass is 16.5. The number of hydrogen-bond acceptors (Lipinski definition) is 5. The number of nitrogens with zero attached hydrogens (tertiary/aromatic N) is 3. The molecule has 0 spiro atoms. The van der Waals surface area contributed by atoms with Crippen LogP contribution in [0.1, 0.15) is 34.0 Å². The molecule has 1 fully saturated rings. The van der Waals surface area contributed by atoms with Crippen LogP contribution in [0.3, 0.4) is 0 Å². The fraction of sp³-hybridized carbons (Fsp3) is 0.320. The van der Waals surface area contributed by atoms with Crippen LogP contribution in [0.4, 0.5) is 5.69 Å². The molecule has 2 aromatic carbocycles. The molecule has 1 aliphatic rings. The average Bonchev–Trinajstić information content (AvgIpc) is 3.46. The molecule has 0 saturated carbocycles. The van der Waals surface area contributed by atoms with Gasteiger partial charge in [0.2, 0.25) is 0 Å². The number of morpholine rings is 1. The van der Waals surface area contributed by atoms with Crippen molar-refractivity contribution < 1.29 is 9.53 Å². The fourth-order valence-electron chi connectivity index (χ4n) is 4.17. The van der Waals surface area contributed by atoms with Crippen molar-refractivity contribution in [2.45, 2.75) is 26.8 Å². The summed E-state index contributed by atoms with van der Waals surface area (Å²) in [5.74, 6) is 0.457. The van der Waals surface area contributed by atoms with Gasteiger partial charge in [-0.2, -0.15) is 5.10 Å². The first-order valence-corrected chi connectivity index (χ1v) is 11.3. The third-order valence-corrected chi connectivity index (χ3v) is 6.13. The maximum Gasteiger partial charge on any atom is 0.256 e. The molecular formula is C25H28N6O2. The standard InChI is InChI=1S/C25H28N6O2/c1-3-17-5-4-16(2)19(12-17)25(32)29-22-14-26-30-23(22)24-27-20-7-6-18(13-21(20)28-24)15-31-8-10-33-11-9-31/h4-7,12-14H,3,8-11,15H2,1-2H3,(H,26,30)(H,27,28)(H,29,32). The second kappa shape index (κ2) is 9.17. The number of imidazole rings is 1. The Labute approximate surface area is 192 Å². The SMILES string of the molecule is CCc1ccc(C)c(C(=O)Nc2c[nH]nc2-c2nc3cc(CN4CCOCC4)ccc3[nH]2)c1. The molecule has 3 heterocycles. The van der Waals surface area contributed by atoms with Gasteiger partial charge < -0.3 is 15.0 Å². The van der Waals surface area contributed by atoms with Gasteiger partial charge in [-0.05, 0) is 48.2 Å². The van der Waals surface area contributed by atoms with Gasteiger partial charge in [0.1, 0.15) is 0 Å². The molecule has 8 nitrogen and oxygen atoms in total. The highest BCUT2D eigenvalue weighted by Crippen LogP contribution is 2.27. The number of amides is 1. The Balaban J connectivity index is 1.38. The molecule has 0 unspecified atom stereocenters. The van der Waals surface area contributed by atoms with Gasteiger partial charge in [0.15, 0.2) is 11.5 Å². The largest absolute Gasteiger partial charge is 0.379 e. The van der Waals surface area contributed by atoms with Crippen LogP contribution in [0.2, 0.25) is 0 Å².